The molecule has 20 heavy (non-hydrogen) atoms. The molecule has 0 radical (unpaired) electrons. The molecule has 0 atom stereocenters. The van der Waals surface area contributed by atoms with E-state index in [4.69, 9.17) is 16.3 Å². The van der Waals surface area contributed by atoms with Gasteiger partial charge in [-0.1, -0.05) is 17.7 Å². The summed E-state index contributed by atoms with van der Waals surface area (Å²) in [4.78, 5) is 22.8. The van der Waals surface area contributed by atoms with Crippen molar-refractivity contribution in [2.45, 2.75) is 0 Å². The fraction of sp³-hybridized carbons (Fsp3) is 0.231. The second kappa shape index (κ2) is 8.06. The minimum atomic E-state index is -0.437. The first kappa shape index (κ1) is 15.8. The fourth-order valence-electron chi connectivity index (χ4n) is 1.34. The third kappa shape index (κ3) is 5.19. The summed E-state index contributed by atoms with van der Waals surface area (Å²) in [5.74, 6) is 0.159. The summed E-state index contributed by atoms with van der Waals surface area (Å²) in [5.41, 5.74) is 0.522. The molecule has 7 heteroatoms. The Bertz CT molecular complexity index is 506. The van der Waals surface area contributed by atoms with Gasteiger partial charge in [0.05, 0.1) is 18.7 Å². The van der Waals surface area contributed by atoms with Gasteiger partial charge in [-0.25, -0.2) is 4.79 Å². The van der Waals surface area contributed by atoms with E-state index in [1.54, 1.807) is 24.3 Å². The van der Waals surface area contributed by atoms with Crippen LogP contribution in [0, 0.1) is 0 Å². The number of nitrogens with one attached hydrogen (secondary N) is 3. The number of methoxy groups -OCH3 is 1. The predicted octanol–water partition coefficient (Wildman–Crippen LogP) is 1.77. The fourth-order valence-corrected chi connectivity index (χ4v) is 1.59. The first-order chi connectivity index (χ1) is 9.56. The Morgan fingerprint density at radius 2 is 2.15 bits per heavy atom. The van der Waals surface area contributed by atoms with Gasteiger partial charge >= 0.3 is 6.03 Å². The van der Waals surface area contributed by atoms with E-state index in [2.05, 4.69) is 22.5 Å². The first-order valence-electron chi connectivity index (χ1n) is 5.82. The second-order valence-electron chi connectivity index (χ2n) is 3.75. The Kier molecular flexibility index (Phi) is 6.39. The van der Waals surface area contributed by atoms with E-state index >= 15 is 0 Å². The van der Waals surface area contributed by atoms with Crippen molar-refractivity contribution in [1.29, 1.82) is 0 Å². The molecule has 1 aromatic carbocycles. The van der Waals surface area contributed by atoms with Crippen molar-refractivity contribution in [3.8, 4) is 5.75 Å². The number of amides is 3. The zero-order valence-corrected chi connectivity index (χ0v) is 11.8. The molecule has 0 aliphatic rings. The summed E-state index contributed by atoms with van der Waals surface area (Å²) in [7, 11) is 1.51. The minimum absolute atomic E-state index is 0.146. The van der Waals surface area contributed by atoms with Crippen LogP contribution in [0.1, 0.15) is 0 Å². The topological polar surface area (TPSA) is 79.5 Å². The van der Waals surface area contributed by atoms with Gasteiger partial charge in [-0.2, -0.15) is 0 Å². The number of hydrogen-bond acceptors (Lipinski definition) is 3. The largest absolute Gasteiger partial charge is 0.495 e. The van der Waals surface area contributed by atoms with Crippen molar-refractivity contribution < 1.29 is 14.3 Å². The minimum Gasteiger partial charge on any atom is -0.495 e. The lowest BCUT2D eigenvalue weighted by atomic mass is 10.3. The van der Waals surface area contributed by atoms with Gasteiger partial charge in [0, 0.05) is 12.2 Å². The standard InChI is InChI=1S/C13H16ClN3O3/c1-3-6-15-13(19)16-8-12(18)17-9-4-5-11(20-2)10(14)7-9/h3-5,7H,1,6,8H2,2H3,(H,17,18)(H2,15,16,19). The molecule has 1 rings (SSSR count). The molecule has 0 bridgehead atoms. The lowest BCUT2D eigenvalue weighted by molar-refractivity contribution is -0.115. The van der Waals surface area contributed by atoms with Crippen LogP contribution in [0.5, 0.6) is 5.75 Å². The monoisotopic (exact) mass is 297 g/mol. The normalized spacial score (nSPS) is 9.50. The van der Waals surface area contributed by atoms with Crippen LogP contribution in [-0.2, 0) is 4.79 Å². The molecule has 6 nitrogen and oxygen atoms in total. The highest BCUT2D eigenvalue weighted by Crippen LogP contribution is 2.26. The van der Waals surface area contributed by atoms with E-state index in [9.17, 15) is 9.59 Å². The van der Waals surface area contributed by atoms with Crippen LogP contribution >= 0.6 is 11.6 Å². The first-order valence-corrected chi connectivity index (χ1v) is 6.20. The molecular weight excluding hydrogens is 282 g/mol. The molecule has 3 amide bonds. The molecular formula is C13H16ClN3O3. The molecule has 0 saturated heterocycles. The van der Waals surface area contributed by atoms with Gasteiger partial charge < -0.3 is 20.7 Å². The summed E-state index contributed by atoms with van der Waals surface area (Å²) in [6, 6.07) is 4.42. The number of carbonyl (C=O) groups excluding carboxylic acids is 2. The van der Waals surface area contributed by atoms with Gasteiger partial charge in [0.25, 0.3) is 0 Å². The Balaban J connectivity index is 2.44. The number of halogens is 1. The second-order valence-corrected chi connectivity index (χ2v) is 4.16. The number of carbonyl (C=O) groups is 2. The number of anilines is 1. The van der Waals surface area contributed by atoms with Crippen LogP contribution in [0.4, 0.5) is 10.5 Å². The number of urea groups is 1. The van der Waals surface area contributed by atoms with Gasteiger partial charge in [0.1, 0.15) is 5.75 Å². The SMILES string of the molecule is C=CCNC(=O)NCC(=O)Nc1ccc(OC)c(Cl)c1. The Labute approximate surface area is 122 Å². The third-order valence-electron chi connectivity index (χ3n) is 2.25. The summed E-state index contributed by atoms with van der Waals surface area (Å²) in [6.07, 6.45) is 1.54. The number of benzene rings is 1. The average Bonchev–Trinajstić information content (AvgIpc) is 2.43. The maximum atomic E-state index is 11.6. The average molecular weight is 298 g/mol. The van der Waals surface area contributed by atoms with Crippen molar-refractivity contribution in [2.24, 2.45) is 0 Å². The van der Waals surface area contributed by atoms with E-state index in [0.29, 0.717) is 23.0 Å². The van der Waals surface area contributed by atoms with E-state index in [-0.39, 0.29) is 12.5 Å². The lowest BCUT2D eigenvalue weighted by Gasteiger charge is -2.09. The lowest BCUT2D eigenvalue weighted by Crippen LogP contribution is -2.40. The van der Waals surface area contributed by atoms with Crippen molar-refractivity contribution in [3.05, 3.63) is 35.9 Å². The molecule has 0 aliphatic heterocycles. The van der Waals surface area contributed by atoms with Crippen LogP contribution in [-0.4, -0.2) is 32.1 Å². The summed E-state index contributed by atoms with van der Waals surface area (Å²) >= 11 is 5.93. The van der Waals surface area contributed by atoms with Crippen LogP contribution in [0.15, 0.2) is 30.9 Å². The summed E-state index contributed by atoms with van der Waals surface area (Å²) in [6.45, 7) is 3.65. The van der Waals surface area contributed by atoms with Crippen molar-refractivity contribution in [2.75, 3.05) is 25.5 Å². The molecule has 3 N–H and O–H groups in total. The Morgan fingerprint density at radius 3 is 2.75 bits per heavy atom. The molecule has 0 spiro atoms. The maximum absolute atomic E-state index is 11.6. The summed E-state index contributed by atoms with van der Waals surface area (Å²) in [5, 5.41) is 7.89. The molecule has 0 unspecified atom stereocenters. The molecule has 108 valence electrons. The van der Waals surface area contributed by atoms with Gasteiger partial charge in [0.2, 0.25) is 5.91 Å². The van der Waals surface area contributed by atoms with Crippen molar-refractivity contribution >= 4 is 29.2 Å². The number of hydrogen-bond donors (Lipinski definition) is 3. The highest BCUT2D eigenvalue weighted by molar-refractivity contribution is 6.32. The van der Waals surface area contributed by atoms with E-state index < -0.39 is 6.03 Å². The van der Waals surface area contributed by atoms with E-state index in [0.717, 1.165) is 0 Å². The summed E-state index contributed by atoms with van der Waals surface area (Å²) < 4.78 is 5.00. The number of ether oxygens (including phenoxy) is 1. The quantitative estimate of drug-likeness (QED) is 0.700. The van der Waals surface area contributed by atoms with E-state index in [1.165, 1.54) is 7.11 Å². The third-order valence-corrected chi connectivity index (χ3v) is 2.55. The highest BCUT2D eigenvalue weighted by atomic mass is 35.5. The zero-order chi connectivity index (χ0) is 15.0. The molecule has 0 aliphatic carbocycles. The van der Waals surface area contributed by atoms with Gasteiger partial charge in [-0.05, 0) is 18.2 Å². The van der Waals surface area contributed by atoms with Gasteiger partial charge in [0.15, 0.2) is 0 Å². The van der Waals surface area contributed by atoms with Gasteiger partial charge in [-0.3, -0.25) is 4.79 Å². The van der Waals surface area contributed by atoms with Crippen LogP contribution < -0.4 is 20.7 Å². The Hall–Kier alpha value is -2.21. The van der Waals surface area contributed by atoms with E-state index in [1.807, 2.05) is 0 Å². The smallest absolute Gasteiger partial charge is 0.315 e. The molecule has 0 saturated carbocycles. The van der Waals surface area contributed by atoms with Gasteiger partial charge in [-0.15, -0.1) is 6.58 Å². The maximum Gasteiger partial charge on any atom is 0.315 e. The zero-order valence-electron chi connectivity index (χ0n) is 11.0. The molecule has 0 aromatic heterocycles. The predicted molar refractivity (Wildman–Crippen MR) is 78.2 cm³/mol. The molecule has 1 aromatic rings. The number of rotatable bonds is 6. The molecule has 0 heterocycles. The highest BCUT2D eigenvalue weighted by Gasteiger charge is 2.07. The van der Waals surface area contributed by atoms with Crippen molar-refractivity contribution in [1.82, 2.24) is 10.6 Å². The molecule has 0 fully saturated rings. The van der Waals surface area contributed by atoms with Crippen molar-refractivity contribution in [3.63, 3.8) is 0 Å². The van der Waals surface area contributed by atoms with Crippen LogP contribution in [0.2, 0.25) is 5.02 Å². The van der Waals surface area contributed by atoms with Crippen LogP contribution in [0.3, 0.4) is 0 Å². The van der Waals surface area contributed by atoms with Crippen LogP contribution in [0.25, 0.3) is 0 Å². The Morgan fingerprint density at radius 1 is 1.40 bits per heavy atom.